The summed E-state index contributed by atoms with van der Waals surface area (Å²) >= 11 is 0. The minimum atomic E-state index is 0.799. The average molecular weight is 357 g/mol. The molecule has 0 radical (unpaired) electrons. The van der Waals surface area contributed by atoms with Crippen LogP contribution >= 0.6 is 0 Å². The molecule has 1 N–H and O–H groups in total. The van der Waals surface area contributed by atoms with Crippen LogP contribution in [0.3, 0.4) is 0 Å². The van der Waals surface area contributed by atoms with Crippen LogP contribution in [0.25, 0.3) is 0 Å². The molecular formula is C21H32N4O. The second kappa shape index (κ2) is 9.19. The summed E-state index contributed by atoms with van der Waals surface area (Å²) < 4.78 is 5.23. The molecule has 2 heterocycles. The maximum absolute atomic E-state index is 5.23. The summed E-state index contributed by atoms with van der Waals surface area (Å²) in [6, 6.07) is 8.46. The van der Waals surface area contributed by atoms with Gasteiger partial charge < -0.3 is 14.6 Å². The Morgan fingerprint density at radius 1 is 1.23 bits per heavy atom. The SMILES string of the molecule is COc1ccc(CCN2CCC(CN(C)Cc3ncc(C)[nH]3)CC2)cc1. The highest BCUT2D eigenvalue weighted by Crippen LogP contribution is 2.19. The van der Waals surface area contributed by atoms with E-state index in [0.717, 1.165) is 49.2 Å². The molecular weight excluding hydrogens is 324 g/mol. The maximum Gasteiger partial charge on any atom is 0.120 e. The fraction of sp³-hybridized carbons (Fsp3) is 0.571. The standard InChI is InChI=1S/C21H32N4O/c1-17-14-22-21(23-17)16-24(2)15-19-9-12-25(13-10-19)11-8-18-4-6-20(26-3)7-5-18/h4-7,14,19H,8-13,15-16H2,1-3H3,(H,22,23). The number of ether oxygens (including phenoxy) is 1. The van der Waals surface area contributed by atoms with Crippen LogP contribution in [0.15, 0.2) is 30.5 Å². The zero-order valence-electron chi connectivity index (χ0n) is 16.4. The third kappa shape index (κ3) is 5.58. The molecule has 26 heavy (non-hydrogen) atoms. The summed E-state index contributed by atoms with van der Waals surface area (Å²) in [5.41, 5.74) is 2.53. The van der Waals surface area contributed by atoms with Crippen LogP contribution in [0.5, 0.6) is 5.75 Å². The van der Waals surface area contributed by atoms with Crippen LogP contribution in [-0.2, 0) is 13.0 Å². The average Bonchev–Trinajstić information content (AvgIpc) is 3.06. The highest BCUT2D eigenvalue weighted by molar-refractivity contribution is 5.27. The summed E-state index contributed by atoms with van der Waals surface area (Å²) in [5, 5.41) is 0. The van der Waals surface area contributed by atoms with Gasteiger partial charge in [0.15, 0.2) is 0 Å². The molecule has 1 aliphatic rings. The second-order valence-corrected chi connectivity index (χ2v) is 7.59. The molecule has 0 aliphatic carbocycles. The van der Waals surface area contributed by atoms with Gasteiger partial charge in [-0.3, -0.25) is 4.90 Å². The highest BCUT2D eigenvalue weighted by Gasteiger charge is 2.20. The van der Waals surface area contributed by atoms with E-state index in [4.69, 9.17) is 4.74 Å². The number of likely N-dealkylation sites (tertiary alicyclic amines) is 1. The van der Waals surface area contributed by atoms with Gasteiger partial charge in [0.1, 0.15) is 11.6 Å². The van der Waals surface area contributed by atoms with Crippen LogP contribution in [-0.4, -0.2) is 60.1 Å². The number of methoxy groups -OCH3 is 1. The monoisotopic (exact) mass is 356 g/mol. The molecule has 1 aromatic heterocycles. The first kappa shape index (κ1) is 18.9. The van der Waals surface area contributed by atoms with Gasteiger partial charge >= 0.3 is 0 Å². The molecule has 142 valence electrons. The molecule has 1 aromatic carbocycles. The third-order valence-corrected chi connectivity index (χ3v) is 5.33. The van der Waals surface area contributed by atoms with E-state index < -0.39 is 0 Å². The van der Waals surface area contributed by atoms with Crippen molar-refractivity contribution in [3.63, 3.8) is 0 Å². The molecule has 0 saturated carbocycles. The number of imidazole rings is 1. The number of aromatic nitrogens is 2. The Morgan fingerprint density at radius 2 is 1.96 bits per heavy atom. The predicted octanol–water partition coefficient (Wildman–Crippen LogP) is 3.11. The molecule has 0 unspecified atom stereocenters. The number of H-pyrrole nitrogens is 1. The Bertz CT molecular complexity index is 659. The van der Waals surface area contributed by atoms with Gasteiger partial charge in [0.2, 0.25) is 0 Å². The second-order valence-electron chi connectivity index (χ2n) is 7.59. The van der Waals surface area contributed by atoms with E-state index in [2.05, 4.69) is 58.0 Å². The quantitative estimate of drug-likeness (QED) is 0.789. The minimum absolute atomic E-state index is 0.799. The first-order valence-electron chi connectivity index (χ1n) is 9.66. The summed E-state index contributed by atoms with van der Waals surface area (Å²) in [6.45, 7) is 7.71. The fourth-order valence-electron chi connectivity index (χ4n) is 3.78. The summed E-state index contributed by atoms with van der Waals surface area (Å²) in [4.78, 5) is 12.7. The molecule has 1 saturated heterocycles. The molecule has 0 spiro atoms. The smallest absolute Gasteiger partial charge is 0.120 e. The van der Waals surface area contributed by atoms with Crippen LogP contribution in [0.1, 0.15) is 29.9 Å². The van der Waals surface area contributed by atoms with Crippen LogP contribution in [0.2, 0.25) is 0 Å². The third-order valence-electron chi connectivity index (χ3n) is 5.33. The maximum atomic E-state index is 5.23. The Morgan fingerprint density at radius 3 is 2.58 bits per heavy atom. The normalized spacial score (nSPS) is 16.3. The molecule has 0 bridgehead atoms. The van der Waals surface area contributed by atoms with Gasteiger partial charge in [-0.25, -0.2) is 4.98 Å². The zero-order valence-corrected chi connectivity index (χ0v) is 16.4. The number of nitrogens with zero attached hydrogens (tertiary/aromatic N) is 3. The number of aromatic amines is 1. The molecule has 0 amide bonds. The minimum Gasteiger partial charge on any atom is -0.497 e. The fourth-order valence-corrected chi connectivity index (χ4v) is 3.78. The van der Waals surface area contributed by atoms with Crippen molar-refractivity contribution in [2.24, 2.45) is 5.92 Å². The van der Waals surface area contributed by atoms with Gasteiger partial charge in [-0.2, -0.15) is 0 Å². The summed E-state index contributed by atoms with van der Waals surface area (Å²) in [6.07, 6.45) is 5.62. The highest BCUT2D eigenvalue weighted by atomic mass is 16.5. The molecule has 0 atom stereocenters. The number of aryl methyl sites for hydroxylation is 1. The number of nitrogens with one attached hydrogen (secondary N) is 1. The van der Waals surface area contributed by atoms with Crippen LogP contribution in [0, 0.1) is 12.8 Å². The van der Waals surface area contributed by atoms with Crippen molar-refractivity contribution in [3.05, 3.63) is 47.5 Å². The van der Waals surface area contributed by atoms with E-state index in [0.29, 0.717) is 0 Å². The molecule has 5 heteroatoms. The largest absolute Gasteiger partial charge is 0.497 e. The van der Waals surface area contributed by atoms with Crippen molar-refractivity contribution in [1.29, 1.82) is 0 Å². The Kier molecular flexibility index (Phi) is 6.69. The summed E-state index contributed by atoms with van der Waals surface area (Å²) in [7, 11) is 3.92. The number of benzene rings is 1. The van der Waals surface area contributed by atoms with E-state index in [-0.39, 0.29) is 0 Å². The Balaban J connectivity index is 1.35. The van der Waals surface area contributed by atoms with E-state index in [1.165, 1.54) is 31.5 Å². The van der Waals surface area contributed by atoms with Crippen LogP contribution < -0.4 is 4.74 Å². The first-order chi connectivity index (χ1) is 12.6. The van der Waals surface area contributed by atoms with Crippen molar-refractivity contribution in [3.8, 4) is 5.75 Å². The molecule has 1 fully saturated rings. The number of piperidine rings is 1. The first-order valence-corrected chi connectivity index (χ1v) is 9.66. The lowest BCUT2D eigenvalue weighted by atomic mass is 9.96. The number of rotatable bonds is 8. The van der Waals surface area contributed by atoms with E-state index in [1.807, 2.05) is 6.20 Å². The lowest BCUT2D eigenvalue weighted by Crippen LogP contribution is -2.38. The number of hydrogen-bond donors (Lipinski definition) is 1. The van der Waals surface area contributed by atoms with Gasteiger partial charge in [-0.15, -0.1) is 0 Å². The Labute approximate surface area is 157 Å². The predicted molar refractivity (Wildman–Crippen MR) is 106 cm³/mol. The van der Waals surface area contributed by atoms with Gasteiger partial charge in [0.05, 0.1) is 13.7 Å². The lowest BCUT2D eigenvalue weighted by Gasteiger charge is -2.33. The van der Waals surface area contributed by atoms with Gasteiger partial charge in [0, 0.05) is 25.0 Å². The van der Waals surface area contributed by atoms with Gasteiger partial charge in [-0.1, -0.05) is 12.1 Å². The van der Waals surface area contributed by atoms with E-state index in [9.17, 15) is 0 Å². The zero-order chi connectivity index (χ0) is 18.4. The van der Waals surface area contributed by atoms with Crippen molar-refractivity contribution in [2.75, 3.05) is 40.3 Å². The van der Waals surface area contributed by atoms with E-state index in [1.54, 1.807) is 7.11 Å². The van der Waals surface area contributed by atoms with E-state index >= 15 is 0 Å². The number of hydrogen-bond acceptors (Lipinski definition) is 4. The lowest BCUT2D eigenvalue weighted by molar-refractivity contribution is 0.152. The molecule has 2 aromatic rings. The van der Waals surface area contributed by atoms with Crippen molar-refractivity contribution < 1.29 is 4.74 Å². The van der Waals surface area contributed by atoms with Crippen LogP contribution in [0.4, 0.5) is 0 Å². The van der Waals surface area contributed by atoms with Crippen molar-refractivity contribution in [2.45, 2.75) is 32.7 Å². The van der Waals surface area contributed by atoms with Crippen molar-refractivity contribution in [1.82, 2.24) is 19.8 Å². The summed E-state index contributed by atoms with van der Waals surface area (Å²) in [5.74, 6) is 2.80. The molecule has 5 nitrogen and oxygen atoms in total. The van der Waals surface area contributed by atoms with Crippen molar-refractivity contribution >= 4 is 0 Å². The van der Waals surface area contributed by atoms with Gasteiger partial charge in [0.25, 0.3) is 0 Å². The Hall–Kier alpha value is -1.85. The topological polar surface area (TPSA) is 44.4 Å². The molecule has 1 aliphatic heterocycles. The van der Waals surface area contributed by atoms with Gasteiger partial charge in [-0.05, 0) is 69.9 Å². The molecule has 3 rings (SSSR count).